The van der Waals surface area contributed by atoms with Crippen molar-refractivity contribution in [2.75, 3.05) is 23.7 Å². The molecule has 3 N–H and O–H groups in total. The van der Waals surface area contributed by atoms with E-state index >= 15 is 0 Å². The van der Waals surface area contributed by atoms with Gasteiger partial charge in [-0.1, -0.05) is 31.1 Å². The molecule has 5 nitrogen and oxygen atoms in total. The number of nitrogens with one attached hydrogen (secondary N) is 1. The van der Waals surface area contributed by atoms with Crippen molar-refractivity contribution in [3.8, 4) is 0 Å². The average Bonchev–Trinajstić information content (AvgIpc) is 2.66. The Morgan fingerprint density at radius 3 is 2.65 bits per heavy atom. The van der Waals surface area contributed by atoms with Crippen molar-refractivity contribution >= 4 is 28.2 Å². The van der Waals surface area contributed by atoms with Crippen LogP contribution in [0.5, 0.6) is 0 Å². The van der Waals surface area contributed by atoms with Crippen LogP contribution >= 0.6 is 11.3 Å². The predicted octanol–water partition coefficient (Wildman–Crippen LogP) is 2.63. The molecule has 1 atom stereocenters. The van der Waals surface area contributed by atoms with Gasteiger partial charge in [-0.25, -0.2) is 4.98 Å². The molecule has 2 rings (SSSR count). The first kappa shape index (κ1) is 15.1. The van der Waals surface area contributed by atoms with Crippen molar-refractivity contribution in [2.24, 2.45) is 0 Å². The van der Waals surface area contributed by atoms with Crippen LogP contribution in [0, 0.1) is 0 Å². The van der Waals surface area contributed by atoms with Crippen molar-refractivity contribution < 1.29 is 4.79 Å². The molecule has 1 unspecified atom stereocenters. The molecule has 1 amide bonds. The zero-order valence-electron chi connectivity index (χ0n) is 12.3. The fourth-order valence-electron chi connectivity index (χ4n) is 2.27. The monoisotopic (exact) mass is 296 g/mol. The predicted molar refractivity (Wildman–Crippen MR) is 84.4 cm³/mol. The molecule has 2 heterocycles. The Bertz CT molecular complexity index is 452. The van der Waals surface area contributed by atoms with Gasteiger partial charge in [0.25, 0.3) is 5.91 Å². The largest absolute Gasteiger partial charge is 0.382 e. The lowest BCUT2D eigenvalue weighted by atomic mass is 10.2. The standard InChI is InChI=1S/C14H24N4OS/c1-3-10(2)16-13(19)11-12(15)17-14(20-11)18-8-6-4-5-7-9-18/h10H,3-9,15H2,1-2H3,(H,16,19). The summed E-state index contributed by atoms with van der Waals surface area (Å²) >= 11 is 1.41. The van der Waals surface area contributed by atoms with Crippen LogP contribution < -0.4 is 16.0 Å². The van der Waals surface area contributed by atoms with E-state index in [-0.39, 0.29) is 11.9 Å². The second-order valence-corrected chi connectivity index (χ2v) is 6.37. The normalized spacial score (nSPS) is 17.6. The molecule has 20 heavy (non-hydrogen) atoms. The Kier molecular flexibility index (Phi) is 5.23. The fraction of sp³-hybridized carbons (Fsp3) is 0.714. The number of nitrogens with two attached hydrogens (primary N) is 1. The number of thiazole rings is 1. The number of hydrogen-bond acceptors (Lipinski definition) is 5. The van der Waals surface area contributed by atoms with Gasteiger partial charge in [-0.15, -0.1) is 0 Å². The van der Waals surface area contributed by atoms with E-state index in [1.807, 2.05) is 13.8 Å². The van der Waals surface area contributed by atoms with Crippen molar-refractivity contribution in [1.29, 1.82) is 0 Å². The molecule has 0 radical (unpaired) electrons. The quantitative estimate of drug-likeness (QED) is 0.896. The van der Waals surface area contributed by atoms with Crippen molar-refractivity contribution in [3.05, 3.63) is 4.88 Å². The summed E-state index contributed by atoms with van der Waals surface area (Å²) in [6.07, 6.45) is 5.84. The van der Waals surface area contributed by atoms with Gasteiger partial charge in [0.1, 0.15) is 10.7 Å². The third-order valence-corrected chi connectivity index (χ3v) is 4.85. The molecule has 1 fully saturated rings. The summed E-state index contributed by atoms with van der Waals surface area (Å²) in [5.41, 5.74) is 5.92. The van der Waals surface area contributed by atoms with Crippen LogP contribution in [-0.2, 0) is 0 Å². The molecule has 1 aromatic heterocycles. The van der Waals surface area contributed by atoms with E-state index in [2.05, 4.69) is 15.2 Å². The van der Waals surface area contributed by atoms with Gasteiger partial charge < -0.3 is 16.0 Å². The maximum atomic E-state index is 12.2. The number of nitrogens with zero attached hydrogens (tertiary/aromatic N) is 2. The molecular formula is C14H24N4OS. The van der Waals surface area contributed by atoms with Crippen LogP contribution in [0.3, 0.4) is 0 Å². The number of nitrogen functional groups attached to an aromatic ring is 1. The first-order valence-electron chi connectivity index (χ1n) is 7.44. The highest BCUT2D eigenvalue weighted by Gasteiger charge is 2.21. The number of anilines is 2. The van der Waals surface area contributed by atoms with E-state index in [9.17, 15) is 4.79 Å². The number of amides is 1. The van der Waals surface area contributed by atoms with Gasteiger partial charge in [-0.05, 0) is 26.2 Å². The smallest absolute Gasteiger partial charge is 0.265 e. The van der Waals surface area contributed by atoms with Gasteiger partial charge in [0.05, 0.1) is 0 Å². The zero-order valence-corrected chi connectivity index (χ0v) is 13.1. The first-order valence-corrected chi connectivity index (χ1v) is 8.25. The van der Waals surface area contributed by atoms with Crippen molar-refractivity contribution in [1.82, 2.24) is 10.3 Å². The maximum absolute atomic E-state index is 12.2. The lowest BCUT2D eigenvalue weighted by molar-refractivity contribution is 0.0944. The molecule has 0 aromatic carbocycles. The Morgan fingerprint density at radius 2 is 2.05 bits per heavy atom. The highest BCUT2D eigenvalue weighted by molar-refractivity contribution is 7.18. The molecule has 1 aliphatic heterocycles. The second kappa shape index (κ2) is 6.92. The molecule has 1 saturated heterocycles. The minimum absolute atomic E-state index is 0.101. The Labute approximate surface area is 124 Å². The lowest BCUT2D eigenvalue weighted by Crippen LogP contribution is -2.31. The molecule has 0 saturated carbocycles. The van der Waals surface area contributed by atoms with Crippen LogP contribution in [0.1, 0.15) is 55.6 Å². The molecule has 0 bridgehead atoms. The summed E-state index contributed by atoms with van der Waals surface area (Å²) in [5.74, 6) is 0.255. The number of aromatic nitrogens is 1. The van der Waals surface area contributed by atoms with Gasteiger partial charge in [0.2, 0.25) is 0 Å². The lowest BCUT2D eigenvalue weighted by Gasteiger charge is -2.18. The molecule has 1 aliphatic rings. The summed E-state index contributed by atoms with van der Waals surface area (Å²) in [6.45, 7) is 6.06. The molecule has 0 aliphatic carbocycles. The Morgan fingerprint density at radius 1 is 1.40 bits per heavy atom. The van der Waals surface area contributed by atoms with Crippen molar-refractivity contribution in [2.45, 2.75) is 52.0 Å². The summed E-state index contributed by atoms with van der Waals surface area (Å²) in [4.78, 5) is 19.4. The van der Waals surface area contributed by atoms with Crippen LogP contribution in [0.25, 0.3) is 0 Å². The summed E-state index contributed by atoms with van der Waals surface area (Å²) < 4.78 is 0. The molecule has 112 valence electrons. The van der Waals surface area contributed by atoms with Gasteiger partial charge in [-0.3, -0.25) is 4.79 Å². The second-order valence-electron chi connectivity index (χ2n) is 5.39. The number of rotatable bonds is 4. The van der Waals surface area contributed by atoms with E-state index in [0.717, 1.165) is 24.6 Å². The molecule has 0 spiro atoms. The highest BCUT2D eigenvalue weighted by Crippen LogP contribution is 2.29. The van der Waals surface area contributed by atoms with E-state index < -0.39 is 0 Å². The molecule has 6 heteroatoms. The van der Waals surface area contributed by atoms with Gasteiger partial charge in [0, 0.05) is 19.1 Å². The van der Waals surface area contributed by atoms with Gasteiger partial charge in [0.15, 0.2) is 5.13 Å². The average molecular weight is 296 g/mol. The Hall–Kier alpha value is -1.30. The minimum atomic E-state index is -0.101. The van der Waals surface area contributed by atoms with E-state index in [0.29, 0.717) is 10.7 Å². The van der Waals surface area contributed by atoms with Crippen LogP contribution in [-0.4, -0.2) is 30.0 Å². The van der Waals surface area contributed by atoms with E-state index in [4.69, 9.17) is 5.73 Å². The zero-order chi connectivity index (χ0) is 14.5. The third kappa shape index (κ3) is 3.62. The minimum Gasteiger partial charge on any atom is -0.382 e. The summed E-state index contributed by atoms with van der Waals surface area (Å²) in [6, 6.07) is 0.158. The number of carbonyl (C=O) groups is 1. The van der Waals surface area contributed by atoms with E-state index in [1.54, 1.807) is 0 Å². The Balaban J connectivity index is 2.10. The maximum Gasteiger partial charge on any atom is 0.265 e. The number of hydrogen-bond donors (Lipinski definition) is 2. The van der Waals surface area contributed by atoms with Crippen LogP contribution in [0.2, 0.25) is 0 Å². The molecule has 1 aromatic rings. The van der Waals surface area contributed by atoms with Gasteiger partial charge in [-0.2, -0.15) is 0 Å². The number of carbonyl (C=O) groups excluding carboxylic acids is 1. The first-order chi connectivity index (χ1) is 9.61. The highest BCUT2D eigenvalue weighted by atomic mass is 32.1. The third-order valence-electron chi connectivity index (χ3n) is 3.71. The SMILES string of the molecule is CCC(C)NC(=O)c1sc(N2CCCCCC2)nc1N. The topological polar surface area (TPSA) is 71.2 Å². The van der Waals surface area contributed by atoms with Gasteiger partial charge >= 0.3 is 0 Å². The van der Waals surface area contributed by atoms with E-state index in [1.165, 1.54) is 37.0 Å². The van der Waals surface area contributed by atoms with Crippen LogP contribution in [0.4, 0.5) is 10.9 Å². The summed E-state index contributed by atoms with van der Waals surface area (Å²) in [7, 11) is 0. The van der Waals surface area contributed by atoms with Crippen molar-refractivity contribution in [3.63, 3.8) is 0 Å². The molecular weight excluding hydrogens is 272 g/mol. The fourth-order valence-corrected chi connectivity index (χ4v) is 3.21. The summed E-state index contributed by atoms with van der Waals surface area (Å²) in [5, 5.41) is 3.84. The van der Waals surface area contributed by atoms with Crippen LogP contribution in [0.15, 0.2) is 0 Å².